The fraction of sp³-hybridized carbons (Fsp3) is 0.462. The molecule has 0 saturated carbocycles. The molecule has 2 rings (SSSR count). The predicted molar refractivity (Wildman–Crippen MR) is 66.8 cm³/mol. The molecular formula is C13H16O2S. The van der Waals surface area contributed by atoms with Gasteiger partial charge in [0.05, 0.1) is 6.10 Å². The molecule has 1 N–H and O–H groups in total. The number of thioether (sulfide) groups is 1. The van der Waals surface area contributed by atoms with E-state index < -0.39 is 6.10 Å². The summed E-state index contributed by atoms with van der Waals surface area (Å²) in [6.45, 7) is 0. The van der Waals surface area contributed by atoms with Gasteiger partial charge in [-0.05, 0) is 41.9 Å². The van der Waals surface area contributed by atoms with Crippen LogP contribution in [0.15, 0.2) is 24.3 Å². The summed E-state index contributed by atoms with van der Waals surface area (Å²) >= 11 is 1.95. The van der Waals surface area contributed by atoms with Crippen molar-refractivity contribution in [1.29, 1.82) is 0 Å². The number of carbonyl (C=O) groups is 1. The van der Waals surface area contributed by atoms with Gasteiger partial charge in [-0.3, -0.25) is 4.79 Å². The lowest BCUT2D eigenvalue weighted by Gasteiger charge is -2.26. The highest BCUT2D eigenvalue weighted by molar-refractivity contribution is 7.99. The molecule has 1 aliphatic heterocycles. The van der Waals surface area contributed by atoms with Crippen molar-refractivity contribution in [2.45, 2.75) is 18.9 Å². The summed E-state index contributed by atoms with van der Waals surface area (Å²) < 4.78 is 0. The quantitative estimate of drug-likeness (QED) is 0.820. The van der Waals surface area contributed by atoms with E-state index in [-0.39, 0.29) is 0 Å². The van der Waals surface area contributed by atoms with Crippen molar-refractivity contribution in [2.75, 3.05) is 11.5 Å². The molecule has 1 fully saturated rings. The van der Waals surface area contributed by atoms with E-state index in [4.69, 9.17) is 0 Å². The second kappa shape index (κ2) is 5.51. The summed E-state index contributed by atoms with van der Waals surface area (Å²) in [7, 11) is 0. The molecule has 1 saturated heterocycles. The number of benzene rings is 1. The van der Waals surface area contributed by atoms with Crippen LogP contribution >= 0.6 is 11.8 Å². The number of aliphatic hydroxyl groups is 1. The maximum atomic E-state index is 10.7. The van der Waals surface area contributed by atoms with E-state index in [9.17, 15) is 9.90 Å². The van der Waals surface area contributed by atoms with Crippen LogP contribution in [0.25, 0.3) is 0 Å². The molecule has 1 atom stereocenters. The highest BCUT2D eigenvalue weighted by Gasteiger charge is 2.23. The van der Waals surface area contributed by atoms with Crippen molar-refractivity contribution in [2.24, 2.45) is 5.92 Å². The van der Waals surface area contributed by atoms with Crippen LogP contribution in [0, 0.1) is 5.92 Å². The zero-order valence-electron chi connectivity index (χ0n) is 9.13. The maximum Gasteiger partial charge on any atom is 0.150 e. The molecule has 0 radical (unpaired) electrons. The van der Waals surface area contributed by atoms with Crippen molar-refractivity contribution in [1.82, 2.24) is 0 Å². The largest absolute Gasteiger partial charge is 0.388 e. The van der Waals surface area contributed by atoms with Gasteiger partial charge in [0.1, 0.15) is 6.29 Å². The minimum Gasteiger partial charge on any atom is -0.388 e. The van der Waals surface area contributed by atoms with E-state index in [1.54, 1.807) is 12.1 Å². The van der Waals surface area contributed by atoms with Gasteiger partial charge in [0.15, 0.2) is 0 Å². The molecule has 0 spiro atoms. The summed E-state index contributed by atoms with van der Waals surface area (Å²) in [5, 5.41) is 10.2. The molecule has 0 aliphatic carbocycles. The lowest BCUT2D eigenvalue weighted by atomic mass is 9.90. The zero-order chi connectivity index (χ0) is 11.4. The first kappa shape index (κ1) is 11.7. The Morgan fingerprint density at radius 2 is 2.12 bits per heavy atom. The first-order valence-electron chi connectivity index (χ1n) is 5.62. The molecule has 2 nitrogen and oxygen atoms in total. The Kier molecular flexibility index (Phi) is 4.02. The molecular weight excluding hydrogens is 220 g/mol. The SMILES string of the molecule is O=Cc1cccc(C(O)C2CCSCC2)c1. The van der Waals surface area contributed by atoms with Crippen molar-refractivity contribution >= 4 is 18.0 Å². The fourth-order valence-corrected chi connectivity index (χ4v) is 3.26. The molecule has 1 heterocycles. The zero-order valence-corrected chi connectivity index (χ0v) is 9.95. The third-order valence-corrected chi connectivity index (χ3v) is 4.15. The van der Waals surface area contributed by atoms with E-state index in [1.807, 2.05) is 23.9 Å². The van der Waals surface area contributed by atoms with Crippen LogP contribution in [0.5, 0.6) is 0 Å². The fourth-order valence-electron chi connectivity index (χ4n) is 2.12. The minimum absolute atomic E-state index is 0.350. The summed E-state index contributed by atoms with van der Waals surface area (Å²) in [6, 6.07) is 7.29. The highest BCUT2D eigenvalue weighted by Crippen LogP contribution is 2.33. The van der Waals surface area contributed by atoms with E-state index in [0.717, 1.165) is 36.2 Å². The average molecular weight is 236 g/mol. The van der Waals surface area contributed by atoms with Gasteiger partial charge >= 0.3 is 0 Å². The standard InChI is InChI=1S/C13H16O2S/c14-9-10-2-1-3-12(8-10)13(15)11-4-6-16-7-5-11/h1-3,8-9,11,13,15H,4-7H2. The molecule has 0 aromatic heterocycles. The van der Waals surface area contributed by atoms with Gasteiger partial charge in [0.25, 0.3) is 0 Å². The first-order chi connectivity index (χ1) is 7.81. The molecule has 0 amide bonds. The number of rotatable bonds is 3. The summed E-state index contributed by atoms with van der Waals surface area (Å²) in [4.78, 5) is 10.7. The average Bonchev–Trinajstić information content (AvgIpc) is 2.39. The van der Waals surface area contributed by atoms with Gasteiger partial charge < -0.3 is 5.11 Å². The van der Waals surface area contributed by atoms with Crippen LogP contribution in [0.2, 0.25) is 0 Å². The Morgan fingerprint density at radius 3 is 2.81 bits per heavy atom. The van der Waals surface area contributed by atoms with Crippen molar-refractivity contribution in [3.8, 4) is 0 Å². The van der Waals surface area contributed by atoms with Gasteiger partial charge in [-0.25, -0.2) is 0 Å². The second-order valence-electron chi connectivity index (χ2n) is 4.18. The number of hydrogen-bond acceptors (Lipinski definition) is 3. The van der Waals surface area contributed by atoms with Gasteiger partial charge in [0, 0.05) is 5.56 Å². The molecule has 1 aromatic rings. The number of aliphatic hydroxyl groups excluding tert-OH is 1. The Hall–Kier alpha value is -0.800. The summed E-state index contributed by atoms with van der Waals surface area (Å²) in [6.07, 6.45) is 2.54. The highest BCUT2D eigenvalue weighted by atomic mass is 32.2. The monoisotopic (exact) mass is 236 g/mol. The van der Waals surface area contributed by atoms with E-state index in [1.165, 1.54) is 0 Å². The Bertz CT molecular complexity index is 359. The van der Waals surface area contributed by atoms with Crippen LogP contribution < -0.4 is 0 Å². The van der Waals surface area contributed by atoms with Crippen molar-refractivity contribution in [3.05, 3.63) is 35.4 Å². The molecule has 1 aromatic carbocycles. The minimum atomic E-state index is -0.416. The Morgan fingerprint density at radius 1 is 1.38 bits per heavy atom. The maximum absolute atomic E-state index is 10.7. The summed E-state index contributed by atoms with van der Waals surface area (Å²) in [5.41, 5.74) is 1.52. The predicted octanol–water partition coefficient (Wildman–Crippen LogP) is 2.68. The molecule has 0 bridgehead atoms. The number of hydrogen-bond donors (Lipinski definition) is 1. The molecule has 3 heteroatoms. The molecule has 1 aliphatic rings. The van der Waals surface area contributed by atoms with E-state index >= 15 is 0 Å². The van der Waals surface area contributed by atoms with E-state index in [0.29, 0.717) is 11.5 Å². The van der Waals surface area contributed by atoms with Gasteiger partial charge in [-0.2, -0.15) is 11.8 Å². The molecule has 16 heavy (non-hydrogen) atoms. The van der Waals surface area contributed by atoms with Gasteiger partial charge in [-0.15, -0.1) is 0 Å². The Balaban J connectivity index is 2.12. The van der Waals surface area contributed by atoms with Crippen LogP contribution in [0.4, 0.5) is 0 Å². The van der Waals surface area contributed by atoms with Gasteiger partial charge in [-0.1, -0.05) is 18.2 Å². The van der Waals surface area contributed by atoms with Crippen LogP contribution in [0.1, 0.15) is 34.9 Å². The molecule has 1 unspecified atom stereocenters. The Labute approximate surface area is 100 Å². The van der Waals surface area contributed by atoms with Crippen LogP contribution in [0.3, 0.4) is 0 Å². The van der Waals surface area contributed by atoms with E-state index in [2.05, 4.69) is 0 Å². The topological polar surface area (TPSA) is 37.3 Å². The smallest absolute Gasteiger partial charge is 0.150 e. The normalized spacial score (nSPS) is 19.3. The second-order valence-corrected chi connectivity index (χ2v) is 5.41. The van der Waals surface area contributed by atoms with Gasteiger partial charge in [0.2, 0.25) is 0 Å². The lowest BCUT2D eigenvalue weighted by molar-refractivity contribution is 0.103. The lowest BCUT2D eigenvalue weighted by Crippen LogP contribution is -2.18. The number of carbonyl (C=O) groups excluding carboxylic acids is 1. The van der Waals surface area contributed by atoms with Crippen LogP contribution in [-0.2, 0) is 0 Å². The third-order valence-electron chi connectivity index (χ3n) is 3.10. The number of aldehydes is 1. The first-order valence-corrected chi connectivity index (χ1v) is 6.77. The van der Waals surface area contributed by atoms with Crippen molar-refractivity contribution < 1.29 is 9.90 Å². The van der Waals surface area contributed by atoms with Crippen LogP contribution in [-0.4, -0.2) is 22.9 Å². The molecule has 86 valence electrons. The third kappa shape index (κ3) is 2.66. The van der Waals surface area contributed by atoms with Crippen molar-refractivity contribution in [3.63, 3.8) is 0 Å². The summed E-state index contributed by atoms with van der Waals surface area (Å²) in [5.74, 6) is 2.62.